The zero-order chi connectivity index (χ0) is 26.5. The van der Waals surface area contributed by atoms with Crippen LogP contribution in [0.25, 0.3) is 76.5 Å². The van der Waals surface area contributed by atoms with Crippen molar-refractivity contribution in [3.8, 4) is 33.4 Å². The van der Waals surface area contributed by atoms with Crippen molar-refractivity contribution in [1.82, 2.24) is 0 Å². The third-order valence-corrected chi connectivity index (χ3v) is 8.23. The molecule has 40 heavy (non-hydrogen) atoms. The molecule has 0 heterocycles. The Kier molecular flexibility index (Phi) is 5.24. The lowest BCUT2D eigenvalue weighted by Crippen LogP contribution is -1.91. The van der Waals surface area contributed by atoms with E-state index in [0.29, 0.717) is 0 Å². The monoisotopic (exact) mass is 506 g/mol. The highest BCUT2D eigenvalue weighted by Crippen LogP contribution is 2.44. The van der Waals surface area contributed by atoms with E-state index in [4.69, 9.17) is 0 Å². The Balaban J connectivity index is 1.43. The molecule has 0 spiro atoms. The number of benzene rings is 8. The van der Waals surface area contributed by atoms with Crippen molar-refractivity contribution in [3.05, 3.63) is 158 Å². The van der Waals surface area contributed by atoms with Gasteiger partial charge in [0.1, 0.15) is 0 Å². The average Bonchev–Trinajstić information content (AvgIpc) is 3.03. The molecular weight excluding hydrogens is 480 g/mol. The van der Waals surface area contributed by atoms with Gasteiger partial charge in [-0.1, -0.05) is 146 Å². The standard InChI is InChI=1S/C40H26/c1-2-12-29(13-3-1)39-34-16-6-8-18-36(34)40(37-19-9-7-17-35(37)39)32-24-22-28-15-10-20-33(38(28)26-32)31-23-21-27-11-4-5-14-30(27)25-31/h1-26H. The van der Waals surface area contributed by atoms with Gasteiger partial charge in [-0.3, -0.25) is 0 Å². The summed E-state index contributed by atoms with van der Waals surface area (Å²) in [6, 6.07) is 57.6. The highest BCUT2D eigenvalue weighted by atomic mass is 14.2. The van der Waals surface area contributed by atoms with Gasteiger partial charge >= 0.3 is 0 Å². The predicted octanol–water partition coefficient (Wildman–Crippen LogP) is 11.3. The molecule has 0 amide bonds. The summed E-state index contributed by atoms with van der Waals surface area (Å²) in [5.41, 5.74) is 7.59. The molecule has 0 aliphatic heterocycles. The van der Waals surface area contributed by atoms with E-state index in [1.807, 2.05) is 0 Å². The zero-order valence-corrected chi connectivity index (χ0v) is 22.0. The molecule has 0 aliphatic carbocycles. The molecule has 0 heteroatoms. The largest absolute Gasteiger partial charge is 0.0622 e. The van der Waals surface area contributed by atoms with Crippen molar-refractivity contribution in [2.75, 3.05) is 0 Å². The molecule has 0 N–H and O–H groups in total. The first kappa shape index (κ1) is 22.8. The second-order valence-corrected chi connectivity index (χ2v) is 10.5. The fraction of sp³-hybridized carbons (Fsp3) is 0. The van der Waals surface area contributed by atoms with Crippen molar-refractivity contribution in [3.63, 3.8) is 0 Å². The van der Waals surface area contributed by atoms with Gasteiger partial charge in [-0.25, -0.2) is 0 Å². The molecule has 8 aromatic carbocycles. The van der Waals surface area contributed by atoms with Gasteiger partial charge in [0.2, 0.25) is 0 Å². The predicted molar refractivity (Wildman–Crippen MR) is 173 cm³/mol. The summed E-state index contributed by atoms with van der Waals surface area (Å²) in [5.74, 6) is 0. The molecule has 0 radical (unpaired) electrons. The lowest BCUT2D eigenvalue weighted by molar-refractivity contribution is 1.65. The minimum absolute atomic E-state index is 1.24. The van der Waals surface area contributed by atoms with Crippen LogP contribution in [0.5, 0.6) is 0 Å². The van der Waals surface area contributed by atoms with Crippen molar-refractivity contribution in [2.24, 2.45) is 0 Å². The lowest BCUT2D eigenvalue weighted by Gasteiger charge is -2.18. The van der Waals surface area contributed by atoms with Gasteiger partial charge in [-0.15, -0.1) is 0 Å². The molecule has 8 aromatic rings. The van der Waals surface area contributed by atoms with Crippen LogP contribution in [0.15, 0.2) is 158 Å². The molecule has 0 atom stereocenters. The lowest BCUT2D eigenvalue weighted by atomic mass is 9.85. The Morgan fingerprint density at radius 2 is 0.775 bits per heavy atom. The van der Waals surface area contributed by atoms with E-state index in [1.54, 1.807) is 0 Å². The van der Waals surface area contributed by atoms with Crippen LogP contribution in [0.3, 0.4) is 0 Å². The molecule has 0 aliphatic rings. The number of rotatable bonds is 3. The zero-order valence-electron chi connectivity index (χ0n) is 22.0. The maximum Gasteiger partial charge on any atom is -0.00261 e. The summed E-state index contributed by atoms with van der Waals surface area (Å²) in [6.07, 6.45) is 0. The van der Waals surface area contributed by atoms with Crippen LogP contribution in [-0.4, -0.2) is 0 Å². The van der Waals surface area contributed by atoms with E-state index in [9.17, 15) is 0 Å². The fourth-order valence-electron chi connectivity index (χ4n) is 6.39. The Labute approximate surface area is 233 Å². The fourth-order valence-corrected chi connectivity index (χ4v) is 6.39. The van der Waals surface area contributed by atoms with Gasteiger partial charge in [0.25, 0.3) is 0 Å². The van der Waals surface area contributed by atoms with Gasteiger partial charge in [-0.05, 0) is 88.6 Å². The van der Waals surface area contributed by atoms with Crippen molar-refractivity contribution < 1.29 is 0 Å². The van der Waals surface area contributed by atoms with E-state index in [1.165, 1.54) is 76.5 Å². The molecule has 0 saturated carbocycles. The quantitative estimate of drug-likeness (QED) is 0.209. The Morgan fingerprint density at radius 3 is 1.48 bits per heavy atom. The van der Waals surface area contributed by atoms with Gasteiger partial charge in [0.05, 0.1) is 0 Å². The molecule has 0 nitrogen and oxygen atoms in total. The van der Waals surface area contributed by atoms with Gasteiger partial charge in [-0.2, -0.15) is 0 Å². The van der Waals surface area contributed by atoms with Crippen LogP contribution in [0.2, 0.25) is 0 Å². The van der Waals surface area contributed by atoms with Crippen LogP contribution >= 0.6 is 0 Å². The van der Waals surface area contributed by atoms with Crippen molar-refractivity contribution in [2.45, 2.75) is 0 Å². The molecule has 0 fully saturated rings. The minimum Gasteiger partial charge on any atom is -0.0622 e. The summed E-state index contributed by atoms with van der Waals surface area (Å²) in [7, 11) is 0. The van der Waals surface area contributed by atoms with Gasteiger partial charge in [0, 0.05) is 0 Å². The Morgan fingerprint density at radius 1 is 0.250 bits per heavy atom. The van der Waals surface area contributed by atoms with Crippen LogP contribution < -0.4 is 0 Å². The van der Waals surface area contributed by atoms with Gasteiger partial charge in [0.15, 0.2) is 0 Å². The SMILES string of the molecule is c1ccc(-c2c3ccccc3c(-c3ccc4cccc(-c5ccc6ccccc6c5)c4c3)c3ccccc23)cc1. The first-order chi connectivity index (χ1) is 19.8. The van der Waals surface area contributed by atoms with E-state index in [0.717, 1.165) is 0 Å². The molecule has 8 rings (SSSR count). The normalized spacial score (nSPS) is 11.5. The second kappa shape index (κ2) is 9.22. The third-order valence-electron chi connectivity index (χ3n) is 8.23. The first-order valence-corrected chi connectivity index (χ1v) is 13.9. The van der Waals surface area contributed by atoms with E-state index >= 15 is 0 Å². The smallest absolute Gasteiger partial charge is 0.00261 e. The first-order valence-electron chi connectivity index (χ1n) is 13.9. The van der Waals surface area contributed by atoms with Crippen LogP contribution in [0, 0.1) is 0 Å². The summed E-state index contributed by atoms with van der Waals surface area (Å²) >= 11 is 0. The van der Waals surface area contributed by atoms with E-state index in [-0.39, 0.29) is 0 Å². The second-order valence-electron chi connectivity index (χ2n) is 10.5. The van der Waals surface area contributed by atoms with Crippen LogP contribution in [0.4, 0.5) is 0 Å². The van der Waals surface area contributed by atoms with Crippen LogP contribution in [0.1, 0.15) is 0 Å². The average molecular weight is 507 g/mol. The summed E-state index contributed by atoms with van der Waals surface area (Å²) in [4.78, 5) is 0. The minimum atomic E-state index is 1.24. The molecule has 0 aromatic heterocycles. The maximum absolute atomic E-state index is 2.40. The molecule has 0 saturated heterocycles. The van der Waals surface area contributed by atoms with Gasteiger partial charge < -0.3 is 0 Å². The molecule has 186 valence electrons. The highest BCUT2D eigenvalue weighted by molar-refractivity contribution is 6.22. The van der Waals surface area contributed by atoms with E-state index in [2.05, 4.69) is 158 Å². The van der Waals surface area contributed by atoms with Crippen molar-refractivity contribution in [1.29, 1.82) is 0 Å². The molecular formula is C40H26. The molecule has 0 bridgehead atoms. The third kappa shape index (κ3) is 3.61. The van der Waals surface area contributed by atoms with E-state index < -0.39 is 0 Å². The highest BCUT2D eigenvalue weighted by Gasteiger charge is 2.17. The number of hydrogen-bond donors (Lipinski definition) is 0. The number of hydrogen-bond acceptors (Lipinski definition) is 0. The Hall–Kier alpha value is -5.20. The summed E-state index contributed by atoms with van der Waals surface area (Å²) in [6.45, 7) is 0. The number of fused-ring (bicyclic) bond motifs is 4. The topological polar surface area (TPSA) is 0 Å². The molecule has 0 unspecified atom stereocenters. The summed E-state index contributed by atoms with van der Waals surface area (Å²) < 4.78 is 0. The van der Waals surface area contributed by atoms with Crippen LogP contribution in [-0.2, 0) is 0 Å². The summed E-state index contributed by atoms with van der Waals surface area (Å²) in [5, 5.41) is 10.2. The van der Waals surface area contributed by atoms with Crippen molar-refractivity contribution >= 4 is 43.1 Å². The maximum atomic E-state index is 2.40. The Bertz CT molecular complexity index is 2150.